The van der Waals surface area contributed by atoms with Gasteiger partial charge in [0.05, 0.1) is 19.6 Å². The average Bonchev–Trinajstić information content (AvgIpc) is 2.49. The minimum Gasteiger partial charge on any atom is -0.506 e. The van der Waals surface area contributed by atoms with Gasteiger partial charge in [-0.05, 0) is 17.7 Å². The van der Waals surface area contributed by atoms with E-state index in [1.54, 1.807) is 0 Å². The molecule has 0 unspecified atom stereocenters. The number of rotatable bonds is 6. The lowest BCUT2D eigenvalue weighted by atomic mass is 10.2. The molecule has 2 rings (SSSR count). The topological polar surface area (TPSA) is 58.6 Å². The van der Waals surface area contributed by atoms with Gasteiger partial charge >= 0.3 is 0 Å². The first-order chi connectivity index (χ1) is 10.2. The van der Waals surface area contributed by atoms with E-state index < -0.39 is 11.7 Å². The highest BCUT2D eigenvalue weighted by Gasteiger charge is 2.10. The molecule has 0 spiro atoms. The maximum absolute atomic E-state index is 13.4. The molecule has 0 aliphatic heterocycles. The molecule has 0 saturated carbocycles. The van der Waals surface area contributed by atoms with Crippen molar-refractivity contribution < 1.29 is 19.0 Å². The van der Waals surface area contributed by atoms with E-state index >= 15 is 0 Å². The fraction of sp³-hybridized carbons (Fsp3) is 0.188. The van der Waals surface area contributed by atoms with Gasteiger partial charge in [0.1, 0.15) is 11.4 Å². The predicted molar refractivity (Wildman–Crippen MR) is 77.4 cm³/mol. The summed E-state index contributed by atoms with van der Waals surface area (Å²) in [7, 11) is 0. The van der Waals surface area contributed by atoms with Crippen molar-refractivity contribution in [3.05, 3.63) is 59.9 Å². The Morgan fingerprint density at radius 3 is 2.62 bits per heavy atom. The van der Waals surface area contributed by atoms with E-state index in [-0.39, 0.29) is 24.5 Å². The molecule has 4 nitrogen and oxygen atoms in total. The van der Waals surface area contributed by atoms with E-state index in [0.29, 0.717) is 6.61 Å². The molecule has 1 amide bonds. The fourth-order valence-corrected chi connectivity index (χ4v) is 1.77. The van der Waals surface area contributed by atoms with Crippen LogP contribution < -0.4 is 5.32 Å². The van der Waals surface area contributed by atoms with Gasteiger partial charge in [0.25, 0.3) is 0 Å². The highest BCUT2D eigenvalue weighted by molar-refractivity contribution is 5.92. The number of benzene rings is 2. The molecule has 0 aromatic heterocycles. The van der Waals surface area contributed by atoms with Crippen LogP contribution in [0.15, 0.2) is 48.5 Å². The van der Waals surface area contributed by atoms with E-state index in [1.165, 1.54) is 18.2 Å². The Morgan fingerprint density at radius 1 is 1.14 bits per heavy atom. The molecule has 0 saturated heterocycles. The van der Waals surface area contributed by atoms with E-state index in [2.05, 4.69) is 5.32 Å². The van der Waals surface area contributed by atoms with Crippen LogP contribution in [-0.2, 0) is 16.1 Å². The maximum atomic E-state index is 13.4. The lowest BCUT2D eigenvalue weighted by Gasteiger charge is -2.08. The summed E-state index contributed by atoms with van der Waals surface area (Å²) in [6.07, 6.45) is 0.0839. The molecule has 2 N–H and O–H groups in total. The van der Waals surface area contributed by atoms with Crippen molar-refractivity contribution >= 4 is 11.6 Å². The zero-order valence-corrected chi connectivity index (χ0v) is 11.4. The van der Waals surface area contributed by atoms with Crippen molar-refractivity contribution in [1.29, 1.82) is 0 Å². The number of hydrogen-bond donors (Lipinski definition) is 2. The highest BCUT2D eigenvalue weighted by Crippen LogP contribution is 2.25. The van der Waals surface area contributed by atoms with Crippen molar-refractivity contribution in [2.24, 2.45) is 0 Å². The molecule has 0 bridgehead atoms. The van der Waals surface area contributed by atoms with E-state index in [0.717, 1.165) is 5.56 Å². The Hall–Kier alpha value is -2.40. The van der Waals surface area contributed by atoms with Gasteiger partial charge in [-0.2, -0.15) is 0 Å². The van der Waals surface area contributed by atoms with Crippen molar-refractivity contribution in [1.82, 2.24) is 0 Å². The van der Waals surface area contributed by atoms with E-state index in [9.17, 15) is 14.3 Å². The highest BCUT2D eigenvalue weighted by atomic mass is 19.1. The van der Waals surface area contributed by atoms with Crippen LogP contribution in [-0.4, -0.2) is 17.6 Å². The van der Waals surface area contributed by atoms with Crippen LogP contribution in [0.4, 0.5) is 10.1 Å². The third-order valence-corrected chi connectivity index (χ3v) is 2.84. The van der Waals surface area contributed by atoms with Gasteiger partial charge in [0, 0.05) is 0 Å². The smallest absolute Gasteiger partial charge is 0.226 e. The molecule has 0 aliphatic rings. The first-order valence-corrected chi connectivity index (χ1v) is 6.56. The number of nitrogens with one attached hydrogen (secondary N) is 1. The molecule has 0 aliphatic carbocycles. The number of hydrogen-bond acceptors (Lipinski definition) is 3. The number of ether oxygens (including phenoxy) is 1. The second-order valence-corrected chi connectivity index (χ2v) is 4.47. The van der Waals surface area contributed by atoms with Crippen molar-refractivity contribution in [3.63, 3.8) is 0 Å². The van der Waals surface area contributed by atoms with E-state index in [4.69, 9.17) is 4.74 Å². The number of carbonyl (C=O) groups is 1. The Balaban J connectivity index is 1.75. The zero-order chi connectivity index (χ0) is 15.1. The van der Waals surface area contributed by atoms with Gasteiger partial charge in [-0.1, -0.05) is 36.4 Å². The normalized spacial score (nSPS) is 10.3. The number of halogens is 1. The van der Waals surface area contributed by atoms with Crippen LogP contribution in [0.5, 0.6) is 5.75 Å². The van der Waals surface area contributed by atoms with Gasteiger partial charge in [-0.25, -0.2) is 4.39 Å². The van der Waals surface area contributed by atoms with Crippen LogP contribution in [0.3, 0.4) is 0 Å². The second kappa shape index (κ2) is 7.40. The summed E-state index contributed by atoms with van der Waals surface area (Å²) in [5.41, 5.74) is 0.815. The number of aromatic hydroxyl groups is 1. The predicted octanol–water partition coefficient (Wildman–Crippen LogP) is 3.08. The molecular weight excluding hydrogens is 273 g/mol. The Morgan fingerprint density at radius 2 is 1.90 bits per heavy atom. The van der Waals surface area contributed by atoms with Crippen LogP contribution in [0, 0.1) is 5.82 Å². The number of amides is 1. The molecule has 110 valence electrons. The van der Waals surface area contributed by atoms with Crippen molar-refractivity contribution in [2.75, 3.05) is 11.9 Å². The molecule has 21 heavy (non-hydrogen) atoms. The Labute approximate surface area is 122 Å². The summed E-state index contributed by atoms with van der Waals surface area (Å²) in [5.74, 6) is -1.38. The number of anilines is 1. The average molecular weight is 289 g/mol. The third-order valence-electron chi connectivity index (χ3n) is 2.84. The lowest BCUT2D eigenvalue weighted by Crippen LogP contribution is -2.15. The van der Waals surface area contributed by atoms with Crippen LogP contribution in [0.25, 0.3) is 0 Å². The Bertz CT molecular complexity index is 581. The second-order valence-electron chi connectivity index (χ2n) is 4.47. The molecule has 2 aromatic carbocycles. The standard InChI is InChI=1S/C16H16FNO3/c17-13-7-4-8-14(19)16(13)18-15(20)9-10-21-11-12-5-2-1-3-6-12/h1-8,19H,9-11H2,(H,18,20). The van der Waals surface area contributed by atoms with E-state index in [1.807, 2.05) is 30.3 Å². The molecular formula is C16H16FNO3. The molecule has 0 heterocycles. The number of phenolic OH excluding ortho intramolecular Hbond substituents is 1. The summed E-state index contributed by atoms with van der Waals surface area (Å²) in [6, 6.07) is 13.4. The minimum atomic E-state index is -0.673. The maximum Gasteiger partial charge on any atom is 0.226 e. The summed E-state index contributed by atoms with van der Waals surface area (Å²) >= 11 is 0. The molecule has 5 heteroatoms. The number of carbonyl (C=O) groups excluding carboxylic acids is 1. The zero-order valence-electron chi connectivity index (χ0n) is 11.4. The third kappa shape index (κ3) is 4.57. The minimum absolute atomic E-state index is 0.0839. The van der Waals surface area contributed by atoms with Gasteiger partial charge in [-0.15, -0.1) is 0 Å². The van der Waals surface area contributed by atoms with Crippen LogP contribution in [0.2, 0.25) is 0 Å². The van der Waals surface area contributed by atoms with Gasteiger partial charge in [-0.3, -0.25) is 4.79 Å². The summed E-state index contributed by atoms with van der Waals surface area (Å²) in [6.45, 7) is 0.634. The summed E-state index contributed by atoms with van der Waals surface area (Å²) in [4.78, 5) is 11.7. The molecule has 0 fully saturated rings. The monoisotopic (exact) mass is 289 g/mol. The SMILES string of the molecule is O=C(CCOCc1ccccc1)Nc1c(O)cccc1F. The quantitative estimate of drug-likeness (QED) is 0.634. The molecule has 2 aromatic rings. The van der Waals surface area contributed by atoms with Crippen LogP contribution >= 0.6 is 0 Å². The number of para-hydroxylation sites is 1. The van der Waals surface area contributed by atoms with Crippen molar-refractivity contribution in [3.8, 4) is 5.75 Å². The first-order valence-electron chi connectivity index (χ1n) is 6.56. The van der Waals surface area contributed by atoms with Crippen LogP contribution in [0.1, 0.15) is 12.0 Å². The summed E-state index contributed by atoms with van der Waals surface area (Å²) < 4.78 is 18.8. The Kier molecular flexibility index (Phi) is 5.29. The molecule has 0 atom stereocenters. The van der Waals surface area contributed by atoms with Gasteiger partial charge in [0.15, 0.2) is 5.82 Å². The first kappa shape index (κ1) is 15.0. The van der Waals surface area contributed by atoms with Gasteiger partial charge in [0.2, 0.25) is 5.91 Å². The lowest BCUT2D eigenvalue weighted by molar-refractivity contribution is -0.117. The molecule has 0 radical (unpaired) electrons. The largest absolute Gasteiger partial charge is 0.506 e. The van der Waals surface area contributed by atoms with Crippen molar-refractivity contribution in [2.45, 2.75) is 13.0 Å². The summed E-state index contributed by atoms with van der Waals surface area (Å²) in [5, 5.41) is 11.8. The van der Waals surface area contributed by atoms with Gasteiger partial charge < -0.3 is 15.2 Å². The fourth-order valence-electron chi connectivity index (χ4n) is 1.77. The number of phenols is 1.